The summed E-state index contributed by atoms with van der Waals surface area (Å²) in [5.41, 5.74) is 1.92. The smallest absolute Gasteiger partial charge is 0.260 e. The van der Waals surface area contributed by atoms with Crippen molar-refractivity contribution in [3.8, 4) is 11.1 Å². The van der Waals surface area contributed by atoms with Gasteiger partial charge in [0.15, 0.2) is 5.16 Å². The van der Waals surface area contributed by atoms with E-state index in [0.717, 1.165) is 21.1 Å². The summed E-state index contributed by atoms with van der Waals surface area (Å²) in [6, 6.07) is 10.6. The fourth-order valence-corrected chi connectivity index (χ4v) is 4.93. The molecule has 1 fully saturated rings. The normalized spacial score (nSPS) is 14.2. The monoisotopic (exact) mass is 380 g/mol. The van der Waals surface area contributed by atoms with Gasteiger partial charge in [-0.1, -0.05) is 42.1 Å². The quantitative estimate of drug-likeness (QED) is 0.519. The summed E-state index contributed by atoms with van der Waals surface area (Å²) in [7, 11) is 0. The average molecular weight is 380 g/mol. The van der Waals surface area contributed by atoms with E-state index >= 15 is 0 Å². The van der Waals surface area contributed by atoms with Crippen molar-refractivity contribution in [2.45, 2.75) is 29.8 Å². The van der Waals surface area contributed by atoms with Crippen LogP contribution in [0.1, 0.15) is 24.7 Å². The average Bonchev–Trinajstić information content (AvgIpc) is 3.24. The molecule has 0 aliphatic heterocycles. The standard InChI is InChI=1S/C19H16N4OS2/c24-17-16-14(12-4-2-1-3-5-12)10-25-18(16)22-15(21-17)11-26-19-20-8-9-23(19)13-6-7-13/h1-5,8-10,13H,6-7,11H2,(H,21,22,24). The fourth-order valence-electron chi connectivity index (χ4n) is 3.07. The van der Waals surface area contributed by atoms with Crippen LogP contribution in [0.3, 0.4) is 0 Å². The Labute approximate surface area is 158 Å². The lowest BCUT2D eigenvalue weighted by atomic mass is 10.1. The molecule has 5 rings (SSSR count). The third-order valence-electron chi connectivity index (χ3n) is 4.49. The van der Waals surface area contributed by atoms with E-state index in [9.17, 15) is 4.79 Å². The number of thiophene rings is 1. The van der Waals surface area contributed by atoms with E-state index in [0.29, 0.717) is 23.0 Å². The second kappa shape index (κ2) is 6.41. The van der Waals surface area contributed by atoms with Crippen LogP contribution in [0.25, 0.3) is 21.3 Å². The zero-order valence-electron chi connectivity index (χ0n) is 13.9. The molecule has 3 aromatic heterocycles. The molecule has 4 aromatic rings. The zero-order chi connectivity index (χ0) is 17.5. The third-order valence-corrected chi connectivity index (χ3v) is 6.35. The van der Waals surface area contributed by atoms with Crippen molar-refractivity contribution in [2.24, 2.45) is 0 Å². The predicted octanol–water partition coefficient (Wildman–Crippen LogP) is 4.48. The van der Waals surface area contributed by atoms with Crippen molar-refractivity contribution in [1.29, 1.82) is 0 Å². The van der Waals surface area contributed by atoms with Crippen molar-refractivity contribution in [3.63, 3.8) is 0 Å². The van der Waals surface area contributed by atoms with Crippen LogP contribution in [0, 0.1) is 0 Å². The van der Waals surface area contributed by atoms with E-state index in [4.69, 9.17) is 0 Å². The first-order chi connectivity index (χ1) is 12.8. The van der Waals surface area contributed by atoms with Gasteiger partial charge in [-0.2, -0.15) is 0 Å². The third kappa shape index (κ3) is 2.87. The number of rotatable bonds is 5. The van der Waals surface area contributed by atoms with Gasteiger partial charge >= 0.3 is 0 Å². The van der Waals surface area contributed by atoms with Crippen LogP contribution in [0.4, 0.5) is 0 Å². The number of nitrogens with zero attached hydrogens (tertiary/aromatic N) is 3. The largest absolute Gasteiger partial charge is 0.323 e. The van der Waals surface area contributed by atoms with Crippen molar-refractivity contribution in [2.75, 3.05) is 0 Å². The van der Waals surface area contributed by atoms with Crippen LogP contribution in [-0.4, -0.2) is 19.5 Å². The molecule has 0 unspecified atom stereocenters. The van der Waals surface area contributed by atoms with Gasteiger partial charge in [0.2, 0.25) is 0 Å². The highest BCUT2D eigenvalue weighted by Crippen LogP contribution is 2.38. The summed E-state index contributed by atoms with van der Waals surface area (Å²) in [4.78, 5) is 25.5. The molecule has 3 heterocycles. The van der Waals surface area contributed by atoms with Gasteiger partial charge in [-0.05, 0) is 18.4 Å². The molecule has 1 N–H and O–H groups in total. The molecule has 0 saturated heterocycles. The van der Waals surface area contributed by atoms with E-state index in [1.165, 1.54) is 24.2 Å². The molecular weight excluding hydrogens is 364 g/mol. The number of hydrogen-bond donors (Lipinski definition) is 1. The zero-order valence-corrected chi connectivity index (χ0v) is 15.5. The Morgan fingerprint density at radius 2 is 2.12 bits per heavy atom. The number of imidazole rings is 1. The van der Waals surface area contributed by atoms with Crippen LogP contribution in [0.5, 0.6) is 0 Å². The maximum absolute atomic E-state index is 12.7. The lowest BCUT2D eigenvalue weighted by molar-refractivity contribution is 0.662. The van der Waals surface area contributed by atoms with Crippen LogP contribution in [0.15, 0.2) is 58.1 Å². The number of thioether (sulfide) groups is 1. The minimum atomic E-state index is -0.0729. The van der Waals surface area contributed by atoms with Gasteiger partial charge in [0.05, 0.1) is 11.1 Å². The molecule has 1 aliphatic rings. The van der Waals surface area contributed by atoms with Crippen LogP contribution < -0.4 is 5.56 Å². The van der Waals surface area contributed by atoms with Crippen LogP contribution in [0.2, 0.25) is 0 Å². The molecule has 1 saturated carbocycles. The highest BCUT2D eigenvalue weighted by atomic mass is 32.2. The first-order valence-electron chi connectivity index (χ1n) is 8.51. The molecule has 1 aromatic carbocycles. The number of hydrogen-bond acceptors (Lipinski definition) is 5. The molecule has 7 heteroatoms. The summed E-state index contributed by atoms with van der Waals surface area (Å²) in [6.45, 7) is 0. The summed E-state index contributed by atoms with van der Waals surface area (Å²) < 4.78 is 2.22. The van der Waals surface area contributed by atoms with Gasteiger partial charge in [-0.3, -0.25) is 4.79 Å². The van der Waals surface area contributed by atoms with Crippen molar-refractivity contribution in [1.82, 2.24) is 19.5 Å². The van der Waals surface area contributed by atoms with Gasteiger partial charge < -0.3 is 9.55 Å². The first kappa shape index (κ1) is 15.8. The van der Waals surface area contributed by atoms with Gasteiger partial charge in [-0.15, -0.1) is 11.3 Å². The molecule has 5 nitrogen and oxygen atoms in total. The van der Waals surface area contributed by atoms with Crippen LogP contribution >= 0.6 is 23.1 Å². The number of aromatic nitrogens is 4. The van der Waals surface area contributed by atoms with Crippen molar-refractivity contribution >= 4 is 33.3 Å². The maximum atomic E-state index is 12.7. The molecule has 0 radical (unpaired) electrons. The van der Waals surface area contributed by atoms with Crippen LogP contribution in [-0.2, 0) is 5.75 Å². The van der Waals surface area contributed by atoms with E-state index in [1.54, 1.807) is 11.8 Å². The molecule has 26 heavy (non-hydrogen) atoms. The Balaban J connectivity index is 1.45. The van der Waals surface area contributed by atoms with E-state index < -0.39 is 0 Å². The molecule has 0 atom stereocenters. The highest BCUT2D eigenvalue weighted by Gasteiger charge is 2.25. The van der Waals surface area contributed by atoms with Gasteiger partial charge in [0, 0.05) is 29.4 Å². The molecule has 1 aliphatic carbocycles. The second-order valence-electron chi connectivity index (χ2n) is 6.35. The topological polar surface area (TPSA) is 63.6 Å². The van der Waals surface area contributed by atoms with Gasteiger partial charge in [0.25, 0.3) is 5.56 Å². The second-order valence-corrected chi connectivity index (χ2v) is 8.15. The van der Waals surface area contributed by atoms with E-state index in [2.05, 4.69) is 19.5 Å². The fraction of sp³-hybridized carbons (Fsp3) is 0.211. The Bertz CT molecular complexity index is 1130. The minimum absolute atomic E-state index is 0.0729. The molecule has 0 bridgehead atoms. The Kier molecular flexibility index (Phi) is 3.90. The Morgan fingerprint density at radius 3 is 2.92 bits per heavy atom. The lowest BCUT2D eigenvalue weighted by Crippen LogP contribution is -2.11. The molecular formula is C19H16N4OS2. The first-order valence-corrected chi connectivity index (χ1v) is 10.4. The SMILES string of the molecule is O=c1[nH]c(CSc2nccn2C2CC2)nc2scc(-c3ccccc3)c12. The van der Waals surface area contributed by atoms with Crippen molar-refractivity contribution < 1.29 is 0 Å². The van der Waals surface area contributed by atoms with E-state index in [-0.39, 0.29) is 5.56 Å². The van der Waals surface area contributed by atoms with Gasteiger partial charge in [-0.25, -0.2) is 9.97 Å². The summed E-state index contributed by atoms with van der Waals surface area (Å²) in [5, 5.41) is 3.68. The Morgan fingerprint density at radius 1 is 1.27 bits per heavy atom. The lowest BCUT2D eigenvalue weighted by Gasteiger charge is -2.05. The maximum Gasteiger partial charge on any atom is 0.260 e. The molecule has 0 amide bonds. The van der Waals surface area contributed by atoms with Crippen molar-refractivity contribution in [3.05, 3.63) is 64.3 Å². The number of aromatic amines is 1. The van der Waals surface area contributed by atoms with E-state index in [1.807, 2.05) is 48.1 Å². The van der Waals surface area contributed by atoms with Gasteiger partial charge in [0.1, 0.15) is 10.7 Å². The number of H-pyrrole nitrogens is 1. The minimum Gasteiger partial charge on any atom is -0.323 e. The number of nitrogens with one attached hydrogen (secondary N) is 1. The predicted molar refractivity (Wildman–Crippen MR) is 106 cm³/mol. The molecule has 130 valence electrons. The number of benzene rings is 1. The Hall–Kier alpha value is -2.38. The summed E-state index contributed by atoms with van der Waals surface area (Å²) >= 11 is 3.14. The summed E-state index contributed by atoms with van der Waals surface area (Å²) in [6.07, 6.45) is 6.32. The number of fused-ring (bicyclic) bond motifs is 1. The summed E-state index contributed by atoms with van der Waals surface area (Å²) in [5.74, 6) is 1.30. The molecule has 0 spiro atoms. The highest BCUT2D eigenvalue weighted by molar-refractivity contribution is 7.98.